The second kappa shape index (κ2) is 12.8. The fraction of sp³-hybridized carbons (Fsp3) is 0.275. The zero-order chi connectivity index (χ0) is 35.6. The smallest absolute Gasteiger partial charge is 0.338 e. The SMILES string of the molecule is Cc1cc(OCCCc2c3n(c4c(-c5c(C)nn(C)c5C)c(Cl)ccc24)C[C@@H](C)N(c2ccc4ccccc4c2C(=O)O)C3=O)cc(C)c1Cl. The molecule has 1 atom stereocenters. The number of ether oxygens (including phenoxy) is 1. The van der Waals surface area contributed by atoms with Crippen LogP contribution >= 0.6 is 23.2 Å². The number of amides is 1. The minimum Gasteiger partial charge on any atom is -0.494 e. The van der Waals surface area contributed by atoms with E-state index in [2.05, 4.69) is 9.67 Å². The third-order valence-electron chi connectivity index (χ3n) is 9.98. The molecule has 6 aromatic rings. The van der Waals surface area contributed by atoms with Gasteiger partial charge in [0.05, 0.1) is 40.1 Å². The number of anilines is 1. The summed E-state index contributed by atoms with van der Waals surface area (Å²) in [7, 11) is 1.91. The number of carboxylic acids is 1. The van der Waals surface area contributed by atoms with E-state index in [-0.39, 0.29) is 17.5 Å². The van der Waals surface area contributed by atoms with Gasteiger partial charge in [0.25, 0.3) is 5.91 Å². The van der Waals surface area contributed by atoms with E-state index in [4.69, 9.17) is 27.9 Å². The number of nitrogens with zero attached hydrogens (tertiary/aromatic N) is 4. The molecule has 4 aromatic carbocycles. The van der Waals surface area contributed by atoms with E-state index < -0.39 is 5.97 Å². The number of benzene rings is 4. The highest BCUT2D eigenvalue weighted by atomic mass is 35.5. The zero-order valence-electron chi connectivity index (χ0n) is 28.9. The first kappa shape index (κ1) is 33.7. The molecule has 2 aromatic heterocycles. The predicted octanol–water partition coefficient (Wildman–Crippen LogP) is 9.49. The molecular formula is C40H38Cl2N4O4. The van der Waals surface area contributed by atoms with Gasteiger partial charge in [-0.1, -0.05) is 59.6 Å². The Labute approximate surface area is 300 Å². The molecule has 3 heterocycles. The summed E-state index contributed by atoms with van der Waals surface area (Å²) in [6.45, 7) is 10.7. The van der Waals surface area contributed by atoms with Gasteiger partial charge in [-0.25, -0.2) is 4.79 Å². The summed E-state index contributed by atoms with van der Waals surface area (Å²) in [5.74, 6) is -0.581. The van der Waals surface area contributed by atoms with E-state index in [0.29, 0.717) is 47.8 Å². The van der Waals surface area contributed by atoms with Gasteiger partial charge >= 0.3 is 5.97 Å². The lowest BCUT2D eigenvalue weighted by Gasteiger charge is -2.36. The van der Waals surface area contributed by atoms with Gasteiger partial charge < -0.3 is 19.3 Å². The van der Waals surface area contributed by atoms with Crippen molar-refractivity contribution in [2.24, 2.45) is 7.05 Å². The van der Waals surface area contributed by atoms with Gasteiger partial charge in [0.2, 0.25) is 0 Å². The summed E-state index contributed by atoms with van der Waals surface area (Å²) >= 11 is 13.4. The van der Waals surface area contributed by atoms with Crippen LogP contribution in [0.25, 0.3) is 32.8 Å². The first-order chi connectivity index (χ1) is 23.9. The van der Waals surface area contributed by atoms with Crippen molar-refractivity contribution in [1.82, 2.24) is 14.3 Å². The third kappa shape index (κ3) is 5.42. The Bertz CT molecular complexity index is 2350. The fourth-order valence-corrected chi connectivity index (χ4v) is 8.02. The molecule has 1 aliphatic rings. The Hall–Kier alpha value is -4.79. The van der Waals surface area contributed by atoms with Gasteiger partial charge in [0, 0.05) is 40.8 Å². The molecule has 0 unspecified atom stereocenters. The molecule has 0 fully saturated rings. The highest BCUT2D eigenvalue weighted by Gasteiger charge is 2.38. The molecule has 0 bridgehead atoms. The zero-order valence-corrected chi connectivity index (χ0v) is 30.4. The molecule has 256 valence electrons. The summed E-state index contributed by atoms with van der Waals surface area (Å²) in [5, 5.41) is 18.8. The lowest BCUT2D eigenvalue weighted by Crippen LogP contribution is -2.47. The number of carboxylic acid groups (broad SMARTS) is 1. The van der Waals surface area contributed by atoms with Crippen LogP contribution in [-0.2, 0) is 20.0 Å². The van der Waals surface area contributed by atoms with Crippen molar-refractivity contribution in [2.75, 3.05) is 11.5 Å². The highest BCUT2D eigenvalue weighted by Crippen LogP contribution is 2.44. The van der Waals surface area contributed by atoms with Gasteiger partial charge in [-0.3, -0.25) is 9.48 Å². The van der Waals surface area contributed by atoms with Crippen molar-refractivity contribution < 1.29 is 19.4 Å². The van der Waals surface area contributed by atoms with E-state index >= 15 is 0 Å². The predicted molar refractivity (Wildman–Crippen MR) is 201 cm³/mol. The molecule has 1 amide bonds. The molecule has 0 saturated heterocycles. The maximum absolute atomic E-state index is 15.0. The number of aryl methyl sites for hydroxylation is 5. The van der Waals surface area contributed by atoms with Crippen molar-refractivity contribution in [2.45, 2.75) is 60.0 Å². The number of aromatic carboxylic acids is 1. The van der Waals surface area contributed by atoms with Crippen LogP contribution in [-0.4, -0.2) is 44.0 Å². The minimum absolute atomic E-state index is 0.113. The minimum atomic E-state index is -1.08. The van der Waals surface area contributed by atoms with Crippen molar-refractivity contribution in [3.05, 3.63) is 110 Å². The van der Waals surface area contributed by atoms with Gasteiger partial charge in [-0.05, 0) is 99.2 Å². The average molecular weight is 710 g/mol. The second-order valence-electron chi connectivity index (χ2n) is 13.3. The van der Waals surface area contributed by atoms with Crippen LogP contribution in [0.4, 0.5) is 5.69 Å². The lowest BCUT2D eigenvalue weighted by molar-refractivity contribution is 0.0699. The number of aromatic nitrogens is 3. The van der Waals surface area contributed by atoms with Crippen molar-refractivity contribution in [1.29, 1.82) is 0 Å². The normalized spacial score (nSPS) is 14.5. The van der Waals surface area contributed by atoms with Gasteiger partial charge in [-0.15, -0.1) is 0 Å². The van der Waals surface area contributed by atoms with Crippen LogP contribution in [0, 0.1) is 27.7 Å². The van der Waals surface area contributed by atoms with Crippen molar-refractivity contribution in [3.63, 3.8) is 0 Å². The van der Waals surface area contributed by atoms with E-state index in [1.807, 2.05) is 94.9 Å². The largest absolute Gasteiger partial charge is 0.494 e. The fourth-order valence-electron chi connectivity index (χ4n) is 7.67. The summed E-state index contributed by atoms with van der Waals surface area (Å²) in [6, 6.07) is 18.4. The van der Waals surface area contributed by atoms with E-state index in [1.165, 1.54) is 0 Å². The first-order valence-electron chi connectivity index (χ1n) is 16.7. The molecule has 1 N–H and O–H groups in total. The van der Waals surface area contributed by atoms with Crippen LogP contribution in [0.15, 0.2) is 60.7 Å². The topological polar surface area (TPSA) is 89.6 Å². The second-order valence-corrected chi connectivity index (χ2v) is 14.0. The van der Waals surface area contributed by atoms with E-state index in [0.717, 1.165) is 66.3 Å². The van der Waals surface area contributed by atoms with Crippen LogP contribution in [0.2, 0.25) is 10.0 Å². The number of rotatable bonds is 8. The Morgan fingerprint density at radius 1 is 0.980 bits per heavy atom. The number of hydrogen-bond acceptors (Lipinski definition) is 4. The number of halogens is 2. The van der Waals surface area contributed by atoms with Gasteiger partial charge in [0.15, 0.2) is 0 Å². The maximum atomic E-state index is 15.0. The molecular weight excluding hydrogens is 671 g/mol. The van der Waals surface area contributed by atoms with Crippen molar-refractivity contribution >= 4 is 62.4 Å². The first-order valence-corrected chi connectivity index (χ1v) is 17.5. The Morgan fingerprint density at radius 2 is 1.70 bits per heavy atom. The third-order valence-corrected chi connectivity index (χ3v) is 10.9. The monoisotopic (exact) mass is 708 g/mol. The standard InChI is InChI=1S/C40H38Cl2N4O4/c1-21-18-27(19-22(2)36(21)42)50-17-9-12-29-30-14-15-31(41)35(33-24(4)43-44(6)25(33)5)37(30)45-20-23(3)46(39(47)38(29)45)32-16-13-26-10-7-8-11-28(26)34(32)40(48)49/h7-8,10-11,13-16,18-19,23H,9,12,17,20H2,1-6H3,(H,48,49)/t23-/m1/s1. The van der Waals surface area contributed by atoms with Crippen LogP contribution in [0.1, 0.15) is 62.3 Å². The summed E-state index contributed by atoms with van der Waals surface area (Å²) in [6.07, 6.45) is 1.18. The molecule has 7 rings (SSSR count). The van der Waals surface area contributed by atoms with Gasteiger partial charge in [-0.2, -0.15) is 5.10 Å². The molecule has 10 heteroatoms. The molecule has 0 radical (unpaired) electrons. The molecule has 50 heavy (non-hydrogen) atoms. The molecule has 0 saturated carbocycles. The Balaban J connectivity index is 1.38. The number of carbonyl (C=O) groups excluding carboxylic acids is 1. The van der Waals surface area contributed by atoms with Crippen LogP contribution < -0.4 is 9.64 Å². The highest BCUT2D eigenvalue weighted by molar-refractivity contribution is 6.35. The van der Waals surface area contributed by atoms with E-state index in [9.17, 15) is 14.7 Å². The van der Waals surface area contributed by atoms with Crippen molar-refractivity contribution in [3.8, 4) is 16.9 Å². The lowest BCUT2D eigenvalue weighted by atomic mass is 9.98. The Kier molecular flexibility index (Phi) is 8.65. The Morgan fingerprint density at radius 3 is 2.38 bits per heavy atom. The number of carbonyl (C=O) groups is 2. The summed E-state index contributed by atoms with van der Waals surface area (Å²) in [4.78, 5) is 29.5. The van der Waals surface area contributed by atoms with Crippen LogP contribution in [0.5, 0.6) is 5.75 Å². The quantitative estimate of drug-likeness (QED) is 0.159. The van der Waals surface area contributed by atoms with E-state index in [1.54, 1.807) is 17.0 Å². The average Bonchev–Trinajstić information content (AvgIpc) is 3.52. The van der Waals surface area contributed by atoms with Crippen LogP contribution in [0.3, 0.4) is 0 Å². The number of fused-ring (bicyclic) bond motifs is 4. The number of hydrogen-bond donors (Lipinski definition) is 1. The molecule has 0 spiro atoms. The summed E-state index contributed by atoms with van der Waals surface area (Å²) < 4.78 is 10.1. The molecule has 0 aliphatic carbocycles. The molecule has 8 nitrogen and oxygen atoms in total. The summed E-state index contributed by atoms with van der Waals surface area (Å²) in [5.41, 5.74) is 8.28. The maximum Gasteiger partial charge on any atom is 0.338 e. The molecule has 1 aliphatic heterocycles. The van der Waals surface area contributed by atoms with Gasteiger partial charge in [0.1, 0.15) is 11.4 Å².